The number of ether oxygens (including phenoxy) is 1. The predicted octanol–water partition coefficient (Wildman–Crippen LogP) is 5.79. The van der Waals surface area contributed by atoms with Crippen LogP contribution in [0.15, 0.2) is 60.8 Å². The van der Waals surface area contributed by atoms with E-state index < -0.39 is 0 Å². The Morgan fingerprint density at radius 2 is 2.06 bits per heavy atom. The summed E-state index contributed by atoms with van der Waals surface area (Å²) in [6, 6.07) is 11.3. The summed E-state index contributed by atoms with van der Waals surface area (Å²) in [7, 11) is 0. The molecule has 0 aromatic heterocycles. The molecule has 2 aliphatic rings. The third kappa shape index (κ3) is 6.80. The van der Waals surface area contributed by atoms with Crippen molar-refractivity contribution in [1.29, 1.82) is 5.26 Å². The molecule has 5 heteroatoms. The van der Waals surface area contributed by atoms with E-state index >= 15 is 0 Å². The Morgan fingerprint density at radius 3 is 2.70 bits per heavy atom. The van der Waals surface area contributed by atoms with Crippen LogP contribution in [0.5, 0.6) is 0 Å². The van der Waals surface area contributed by atoms with Gasteiger partial charge in [-0.3, -0.25) is 4.84 Å². The van der Waals surface area contributed by atoms with Crippen LogP contribution in [0, 0.1) is 17.2 Å². The fourth-order valence-corrected chi connectivity index (χ4v) is 4.66. The molecule has 0 radical (unpaired) electrons. The van der Waals surface area contributed by atoms with Crippen LogP contribution < -0.4 is 0 Å². The van der Waals surface area contributed by atoms with Gasteiger partial charge in [-0.2, -0.15) is 5.26 Å². The lowest BCUT2D eigenvalue weighted by molar-refractivity contribution is -0.266. The van der Waals surface area contributed by atoms with Crippen LogP contribution in [0.25, 0.3) is 0 Å². The SMILES string of the molecule is C=C/C=C(\C=C/C)N1OCC1c1ccc(CCCCCC2CC(O)[C@H](C)C(CC#N)O2)cc1. The zero-order chi connectivity index (χ0) is 23.6. The summed E-state index contributed by atoms with van der Waals surface area (Å²) in [6.07, 6.45) is 13.8. The molecule has 1 aromatic rings. The number of nitriles is 1. The van der Waals surface area contributed by atoms with E-state index in [0.717, 1.165) is 37.8 Å². The molecule has 2 fully saturated rings. The lowest BCUT2D eigenvalue weighted by atomic mass is 9.87. The number of aliphatic hydroxyl groups is 1. The first-order chi connectivity index (χ1) is 16.1. The Hall–Kier alpha value is -2.39. The number of hydrogen-bond donors (Lipinski definition) is 1. The third-order valence-corrected chi connectivity index (χ3v) is 6.75. The number of allylic oxidation sites excluding steroid dienone is 4. The summed E-state index contributed by atoms with van der Waals surface area (Å²) >= 11 is 0. The van der Waals surface area contributed by atoms with Crippen LogP contribution >= 0.6 is 0 Å². The smallest absolute Gasteiger partial charge is 0.107 e. The van der Waals surface area contributed by atoms with Gasteiger partial charge in [0.05, 0.1) is 36.5 Å². The minimum absolute atomic E-state index is 0.0372. The van der Waals surface area contributed by atoms with E-state index in [2.05, 4.69) is 36.9 Å². The van der Waals surface area contributed by atoms with E-state index in [9.17, 15) is 5.11 Å². The maximum atomic E-state index is 10.3. The van der Waals surface area contributed by atoms with Gasteiger partial charge in [0.25, 0.3) is 0 Å². The lowest BCUT2D eigenvalue weighted by Crippen LogP contribution is -2.42. The van der Waals surface area contributed by atoms with Gasteiger partial charge in [0.1, 0.15) is 12.6 Å². The number of nitrogens with zero attached hydrogens (tertiary/aromatic N) is 2. The molecule has 33 heavy (non-hydrogen) atoms. The largest absolute Gasteiger partial charge is 0.393 e. The van der Waals surface area contributed by atoms with Crippen molar-refractivity contribution in [1.82, 2.24) is 5.06 Å². The van der Waals surface area contributed by atoms with E-state index in [4.69, 9.17) is 14.8 Å². The fraction of sp³-hybridized carbons (Fsp3) is 0.536. The number of benzene rings is 1. The molecule has 0 saturated carbocycles. The molecule has 1 N–H and O–H groups in total. The summed E-state index contributed by atoms with van der Waals surface area (Å²) in [5.74, 6) is 0.0372. The van der Waals surface area contributed by atoms with Gasteiger partial charge in [0.15, 0.2) is 0 Å². The van der Waals surface area contributed by atoms with Crippen molar-refractivity contribution in [3.05, 3.63) is 72.0 Å². The molecular formula is C28H38N2O3. The highest BCUT2D eigenvalue weighted by atomic mass is 16.7. The molecule has 3 rings (SSSR count). The number of hydrogen-bond acceptors (Lipinski definition) is 5. The molecule has 2 saturated heterocycles. The Kier molecular flexibility index (Phi) is 9.75. The molecule has 0 spiro atoms. The molecule has 5 nitrogen and oxygen atoms in total. The van der Waals surface area contributed by atoms with E-state index in [1.165, 1.54) is 11.1 Å². The quantitative estimate of drug-likeness (QED) is 0.341. The molecule has 4 unspecified atom stereocenters. The second-order valence-electron chi connectivity index (χ2n) is 9.13. The van der Waals surface area contributed by atoms with Crippen LogP contribution in [0.1, 0.15) is 69.5 Å². The second-order valence-corrected chi connectivity index (χ2v) is 9.13. The average Bonchev–Trinajstić information content (AvgIpc) is 2.78. The third-order valence-electron chi connectivity index (χ3n) is 6.75. The zero-order valence-corrected chi connectivity index (χ0v) is 20.0. The van der Waals surface area contributed by atoms with Crippen LogP contribution in [0.2, 0.25) is 0 Å². The van der Waals surface area contributed by atoms with E-state index in [1.54, 1.807) is 6.08 Å². The predicted molar refractivity (Wildman–Crippen MR) is 131 cm³/mol. The Morgan fingerprint density at radius 1 is 1.27 bits per heavy atom. The van der Waals surface area contributed by atoms with Crippen LogP contribution in [0.3, 0.4) is 0 Å². The summed E-state index contributed by atoms with van der Waals surface area (Å²) < 4.78 is 6.07. The molecule has 2 heterocycles. The molecule has 178 valence electrons. The average molecular weight is 451 g/mol. The second kappa shape index (κ2) is 12.7. The standard InChI is InChI=1S/C28H38N2O3/c1-4-9-24(10-5-2)30-26(20-32-30)23-15-13-22(14-16-23)11-7-6-8-12-25-19-27(31)21(3)28(33-25)17-18-29/h4-5,9-10,13-16,21,25-28,31H,1,6-8,11-12,17,19-20H2,2-3H3/b10-5-,24-9+/t21-,25?,26?,27?,28?/m0/s1. The van der Waals surface area contributed by atoms with Crippen molar-refractivity contribution < 1.29 is 14.7 Å². The number of unbranched alkanes of at least 4 members (excludes halogenated alkanes) is 2. The van der Waals surface area contributed by atoms with Crippen LogP contribution in [-0.4, -0.2) is 35.1 Å². The molecular weight excluding hydrogens is 412 g/mol. The van der Waals surface area contributed by atoms with E-state index in [1.807, 2.05) is 37.1 Å². The van der Waals surface area contributed by atoms with Crippen molar-refractivity contribution in [2.24, 2.45) is 5.92 Å². The van der Waals surface area contributed by atoms with Crippen LogP contribution in [0.4, 0.5) is 0 Å². The summed E-state index contributed by atoms with van der Waals surface area (Å²) in [4.78, 5) is 5.69. The highest BCUT2D eigenvalue weighted by Crippen LogP contribution is 2.34. The summed E-state index contributed by atoms with van der Waals surface area (Å²) in [5, 5.41) is 21.2. The minimum Gasteiger partial charge on any atom is -0.393 e. The van der Waals surface area contributed by atoms with Gasteiger partial charge in [-0.05, 0) is 55.9 Å². The highest BCUT2D eigenvalue weighted by molar-refractivity contribution is 5.29. The van der Waals surface area contributed by atoms with Gasteiger partial charge in [-0.15, -0.1) is 0 Å². The number of aliphatic hydroxyl groups excluding tert-OH is 1. The first kappa shape index (κ1) is 25.2. The number of aryl methyl sites for hydroxylation is 1. The number of rotatable bonds is 11. The van der Waals surface area contributed by atoms with Crippen molar-refractivity contribution in [3.63, 3.8) is 0 Å². The Labute approximate surface area is 199 Å². The summed E-state index contributed by atoms with van der Waals surface area (Å²) in [5.41, 5.74) is 3.63. The van der Waals surface area contributed by atoms with Crippen molar-refractivity contribution in [2.45, 2.75) is 83.1 Å². The fourth-order valence-electron chi connectivity index (χ4n) is 4.66. The molecule has 1 aromatic carbocycles. The maximum absolute atomic E-state index is 10.3. The van der Waals surface area contributed by atoms with Gasteiger partial charge >= 0.3 is 0 Å². The van der Waals surface area contributed by atoms with Gasteiger partial charge < -0.3 is 9.84 Å². The molecule has 5 atom stereocenters. The van der Waals surface area contributed by atoms with E-state index in [0.29, 0.717) is 19.4 Å². The van der Waals surface area contributed by atoms with E-state index in [-0.39, 0.29) is 30.3 Å². The van der Waals surface area contributed by atoms with Crippen molar-refractivity contribution in [2.75, 3.05) is 6.61 Å². The molecule has 2 aliphatic heterocycles. The van der Waals surface area contributed by atoms with Gasteiger partial charge in [0.2, 0.25) is 0 Å². The van der Waals surface area contributed by atoms with Gasteiger partial charge in [0, 0.05) is 5.92 Å². The molecule has 0 bridgehead atoms. The van der Waals surface area contributed by atoms with Crippen molar-refractivity contribution >= 4 is 0 Å². The maximum Gasteiger partial charge on any atom is 0.107 e. The molecule has 0 amide bonds. The topological polar surface area (TPSA) is 65.7 Å². The normalized spacial score (nSPS) is 27.9. The van der Waals surface area contributed by atoms with Crippen molar-refractivity contribution in [3.8, 4) is 6.07 Å². The summed E-state index contributed by atoms with van der Waals surface area (Å²) in [6.45, 7) is 8.46. The van der Waals surface area contributed by atoms with Gasteiger partial charge in [-0.25, -0.2) is 5.06 Å². The molecule has 0 aliphatic carbocycles. The lowest BCUT2D eigenvalue weighted by Gasteiger charge is -2.42. The zero-order valence-electron chi connectivity index (χ0n) is 20.0. The monoisotopic (exact) mass is 450 g/mol. The first-order valence-electron chi connectivity index (χ1n) is 12.2. The Bertz CT molecular complexity index is 855. The number of hydroxylamine groups is 2. The van der Waals surface area contributed by atoms with Gasteiger partial charge in [-0.1, -0.05) is 62.8 Å². The minimum atomic E-state index is -0.362. The Balaban J connectivity index is 1.40. The highest BCUT2D eigenvalue weighted by Gasteiger charge is 2.34. The van der Waals surface area contributed by atoms with Crippen LogP contribution in [-0.2, 0) is 16.0 Å². The first-order valence-corrected chi connectivity index (χ1v) is 12.2.